The first-order valence-electron chi connectivity index (χ1n) is 8.44. The van der Waals surface area contributed by atoms with E-state index in [1.165, 1.54) is 7.11 Å². The Hall–Kier alpha value is -2.58. The predicted molar refractivity (Wildman–Crippen MR) is 109 cm³/mol. The van der Waals surface area contributed by atoms with Crippen molar-refractivity contribution >= 4 is 48.4 Å². The Morgan fingerprint density at radius 3 is 2.61 bits per heavy atom. The summed E-state index contributed by atoms with van der Waals surface area (Å²) in [5, 5.41) is 1.44. The minimum atomic E-state index is -3.80. The number of anilines is 1. The standard InChI is InChI=1S/C20H16BrNO5S/c1-26-17-9-8-15(21)10-14(17)12-27-19(23)11-22-16-6-2-4-13-5-3-7-18(20(13)16)28(22,24)25/h2-10H,11-12H2,1H3. The largest absolute Gasteiger partial charge is 0.496 e. The van der Waals surface area contributed by atoms with E-state index in [4.69, 9.17) is 9.47 Å². The second-order valence-corrected chi connectivity index (χ2v) is 9.01. The van der Waals surface area contributed by atoms with Crippen molar-refractivity contribution in [2.75, 3.05) is 18.0 Å². The van der Waals surface area contributed by atoms with E-state index >= 15 is 0 Å². The lowest BCUT2D eigenvalue weighted by Gasteiger charge is -2.18. The van der Waals surface area contributed by atoms with Crippen LogP contribution in [0.4, 0.5) is 5.69 Å². The van der Waals surface area contributed by atoms with Crippen molar-refractivity contribution in [1.82, 2.24) is 0 Å². The molecule has 1 aliphatic rings. The first kappa shape index (κ1) is 18.8. The highest BCUT2D eigenvalue weighted by molar-refractivity contribution is 9.10. The lowest BCUT2D eigenvalue weighted by Crippen LogP contribution is -2.33. The molecular formula is C20H16BrNO5S. The molecule has 0 saturated carbocycles. The molecule has 0 N–H and O–H groups in total. The molecule has 0 radical (unpaired) electrons. The molecule has 0 fully saturated rings. The number of carbonyl (C=O) groups is 1. The van der Waals surface area contributed by atoms with Crippen LogP contribution in [-0.2, 0) is 26.2 Å². The molecule has 0 atom stereocenters. The highest BCUT2D eigenvalue weighted by Crippen LogP contribution is 2.41. The molecule has 3 aromatic rings. The van der Waals surface area contributed by atoms with Crippen molar-refractivity contribution in [2.45, 2.75) is 11.5 Å². The van der Waals surface area contributed by atoms with Gasteiger partial charge in [0.05, 0.1) is 17.7 Å². The van der Waals surface area contributed by atoms with Gasteiger partial charge < -0.3 is 9.47 Å². The van der Waals surface area contributed by atoms with Gasteiger partial charge >= 0.3 is 5.97 Å². The molecule has 0 amide bonds. The number of halogens is 1. The average Bonchev–Trinajstić information content (AvgIpc) is 2.90. The zero-order valence-corrected chi connectivity index (χ0v) is 17.3. The number of hydrogen-bond acceptors (Lipinski definition) is 5. The summed E-state index contributed by atoms with van der Waals surface area (Å²) in [5.41, 5.74) is 1.17. The van der Waals surface area contributed by atoms with Crippen molar-refractivity contribution in [2.24, 2.45) is 0 Å². The lowest BCUT2D eigenvalue weighted by atomic mass is 10.1. The Balaban J connectivity index is 1.56. The molecular weight excluding hydrogens is 446 g/mol. The number of sulfonamides is 1. The molecule has 0 aliphatic carbocycles. The maximum absolute atomic E-state index is 12.9. The molecule has 0 bridgehead atoms. The van der Waals surface area contributed by atoms with Crippen LogP contribution in [-0.4, -0.2) is 28.0 Å². The van der Waals surface area contributed by atoms with Crippen molar-refractivity contribution in [3.8, 4) is 5.75 Å². The summed E-state index contributed by atoms with van der Waals surface area (Å²) in [6.07, 6.45) is 0. The highest BCUT2D eigenvalue weighted by atomic mass is 79.9. The summed E-state index contributed by atoms with van der Waals surface area (Å²) >= 11 is 3.37. The molecule has 4 rings (SSSR count). The van der Waals surface area contributed by atoms with Crippen molar-refractivity contribution in [1.29, 1.82) is 0 Å². The summed E-state index contributed by atoms with van der Waals surface area (Å²) < 4.78 is 38.3. The topological polar surface area (TPSA) is 72.9 Å². The second-order valence-electron chi connectivity index (χ2n) is 6.26. The van der Waals surface area contributed by atoms with Crippen molar-refractivity contribution < 1.29 is 22.7 Å². The van der Waals surface area contributed by atoms with Crippen LogP contribution in [0.5, 0.6) is 5.75 Å². The van der Waals surface area contributed by atoms with Crippen LogP contribution in [0.3, 0.4) is 0 Å². The minimum absolute atomic E-state index is 0.0213. The molecule has 28 heavy (non-hydrogen) atoms. The quantitative estimate of drug-likeness (QED) is 0.539. The summed E-state index contributed by atoms with van der Waals surface area (Å²) in [5.74, 6) is -0.0580. The number of benzene rings is 3. The van der Waals surface area contributed by atoms with Gasteiger partial charge in [-0.15, -0.1) is 0 Å². The van der Waals surface area contributed by atoms with E-state index in [0.29, 0.717) is 22.4 Å². The molecule has 0 spiro atoms. The third-order valence-corrected chi connectivity index (χ3v) is 6.88. The van der Waals surface area contributed by atoms with E-state index in [1.807, 2.05) is 18.2 Å². The molecule has 0 aromatic heterocycles. The molecule has 6 nitrogen and oxygen atoms in total. The van der Waals surface area contributed by atoms with Gasteiger partial charge in [-0.3, -0.25) is 9.10 Å². The van der Waals surface area contributed by atoms with Gasteiger partial charge in [0.2, 0.25) is 0 Å². The van der Waals surface area contributed by atoms with E-state index in [-0.39, 0.29) is 11.5 Å². The normalized spacial score (nSPS) is 14.3. The first-order chi connectivity index (χ1) is 13.4. The Bertz CT molecular complexity index is 1190. The van der Waals surface area contributed by atoms with Gasteiger partial charge in [0.1, 0.15) is 18.9 Å². The summed E-state index contributed by atoms with van der Waals surface area (Å²) in [7, 11) is -2.26. The predicted octanol–water partition coefficient (Wildman–Crippen LogP) is 3.86. The molecule has 144 valence electrons. The molecule has 0 saturated heterocycles. The van der Waals surface area contributed by atoms with Crippen LogP contribution in [0.25, 0.3) is 10.8 Å². The number of carbonyl (C=O) groups excluding carboxylic acids is 1. The Morgan fingerprint density at radius 2 is 1.86 bits per heavy atom. The number of esters is 1. The zero-order chi connectivity index (χ0) is 19.9. The Kier molecular flexibility index (Phi) is 4.76. The summed E-state index contributed by atoms with van der Waals surface area (Å²) in [6, 6.07) is 15.8. The fourth-order valence-electron chi connectivity index (χ4n) is 3.31. The zero-order valence-electron chi connectivity index (χ0n) is 14.9. The number of rotatable bonds is 5. The van der Waals surface area contributed by atoms with Crippen LogP contribution < -0.4 is 9.04 Å². The average molecular weight is 462 g/mol. The minimum Gasteiger partial charge on any atom is -0.496 e. The smallest absolute Gasteiger partial charge is 0.327 e. The summed E-state index contributed by atoms with van der Waals surface area (Å²) in [6.45, 7) is -0.418. The molecule has 8 heteroatoms. The van der Waals surface area contributed by atoms with Gasteiger partial charge in [0.25, 0.3) is 10.0 Å². The SMILES string of the molecule is COc1ccc(Br)cc1COC(=O)CN1c2cccc3cccc(c23)S1(=O)=O. The maximum Gasteiger partial charge on any atom is 0.327 e. The summed E-state index contributed by atoms with van der Waals surface area (Å²) in [4.78, 5) is 12.6. The monoisotopic (exact) mass is 461 g/mol. The van der Waals surface area contributed by atoms with Crippen LogP contribution in [0, 0.1) is 0 Å². The number of hydrogen-bond donors (Lipinski definition) is 0. The highest BCUT2D eigenvalue weighted by Gasteiger charge is 2.36. The van der Waals surface area contributed by atoms with E-state index in [2.05, 4.69) is 15.9 Å². The van der Waals surface area contributed by atoms with Gasteiger partial charge in [-0.25, -0.2) is 8.42 Å². The number of nitrogens with zero attached hydrogens (tertiary/aromatic N) is 1. The number of methoxy groups -OCH3 is 1. The maximum atomic E-state index is 12.9. The van der Waals surface area contributed by atoms with Crippen LogP contribution in [0.15, 0.2) is 64.0 Å². The Labute approximate surface area is 170 Å². The fraction of sp³-hybridized carbons (Fsp3) is 0.150. The Morgan fingerprint density at radius 1 is 1.11 bits per heavy atom. The van der Waals surface area contributed by atoms with E-state index < -0.39 is 22.5 Å². The van der Waals surface area contributed by atoms with Gasteiger partial charge in [-0.2, -0.15) is 0 Å². The first-order valence-corrected chi connectivity index (χ1v) is 10.7. The van der Waals surface area contributed by atoms with Crippen LogP contribution >= 0.6 is 15.9 Å². The van der Waals surface area contributed by atoms with E-state index in [0.717, 1.165) is 14.2 Å². The molecule has 1 heterocycles. The third-order valence-electron chi connectivity index (χ3n) is 4.59. The molecule has 3 aromatic carbocycles. The van der Waals surface area contributed by atoms with Gasteiger partial charge in [0, 0.05) is 15.4 Å². The number of ether oxygens (including phenoxy) is 2. The van der Waals surface area contributed by atoms with E-state index in [1.54, 1.807) is 36.4 Å². The van der Waals surface area contributed by atoms with Crippen LogP contribution in [0.1, 0.15) is 5.56 Å². The van der Waals surface area contributed by atoms with Gasteiger partial charge in [-0.1, -0.05) is 40.2 Å². The van der Waals surface area contributed by atoms with Crippen molar-refractivity contribution in [3.63, 3.8) is 0 Å². The molecule has 0 unspecified atom stereocenters. The fourth-order valence-corrected chi connectivity index (χ4v) is 5.37. The third kappa shape index (κ3) is 3.12. The second kappa shape index (κ2) is 7.10. The lowest BCUT2D eigenvalue weighted by molar-refractivity contribution is -0.143. The van der Waals surface area contributed by atoms with E-state index in [9.17, 15) is 13.2 Å². The molecule has 1 aliphatic heterocycles. The van der Waals surface area contributed by atoms with Gasteiger partial charge in [-0.05, 0) is 35.7 Å². The van der Waals surface area contributed by atoms with Crippen molar-refractivity contribution in [3.05, 3.63) is 64.6 Å². The van der Waals surface area contributed by atoms with Crippen LogP contribution in [0.2, 0.25) is 0 Å². The van der Waals surface area contributed by atoms with Gasteiger partial charge in [0.15, 0.2) is 0 Å².